The summed E-state index contributed by atoms with van der Waals surface area (Å²) in [6.45, 7) is 4.00. The summed E-state index contributed by atoms with van der Waals surface area (Å²) in [7, 11) is 3.20. The first kappa shape index (κ1) is 16.8. The zero-order chi connectivity index (χ0) is 16.8. The number of nitrogens with zero attached hydrogens (tertiary/aromatic N) is 1. The van der Waals surface area contributed by atoms with Crippen molar-refractivity contribution in [3.8, 4) is 22.6 Å². The molecule has 0 aliphatic carbocycles. The third-order valence-corrected chi connectivity index (χ3v) is 3.71. The molecule has 0 radical (unpaired) electrons. The molecule has 23 heavy (non-hydrogen) atoms. The fourth-order valence-electron chi connectivity index (χ4n) is 2.25. The van der Waals surface area contributed by atoms with E-state index in [4.69, 9.17) is 9.47 Å². The molecule has 1 heterocycles. The predicted octanol–water partition coefficient (Wildman–Crippen LogP) is 3.29. The van der Waals surface area contributed by atoms with Crippen LogP contribution in [-0.4, -0.2) is 31.2 Å². The highest BCUT2D eigenvalue weighted by Crippen LogP contribution is 2.38. The molecule has 1 N–H and O–H groups in total. The summed E-state index contributed by atoms with van der Waals surface area (Å²) in [6.07, 6.45) is 4.13. The molecular formula is C18H22N2O3. The van der Waals surface area contributed by atoms with Crippen LogP contribution in [-0.2, 0) is 0 Å². The smallest absolute Gasteiger partial charge is 0.253 e. The van der Waals surface area contributed by atoms with E-state index in [1.54, 1.807) is 32.7 Å². The van der Waals surface area contributed by atoms with Gasteiger partial charge in [-0.2, -0.15) is 0 Å². The zero-order valence-electron chi connectivity index (χ0n) is 13.9. The lowest BCUT2D eigenvalue weighted by Crippen LogP contribution is -2.31. The third kappa shape index (κ3) is 3.80. The number of amides is 1. The number of carbonyl (C=O) groups excluding carboxylic acids is 1. The Morgan fingerprint density at radius 2 is 1.87 bits per heavy atom. The number of rotatable bonds is 6. The van der Waals surface area contributed by atoms with Gasteiger partial charge in [0.1, 0.15) is 11.5 Å². The Labute approximate surface area is 136 Å². The second kappa shape index (κ2) is 7.63. The first-order valence-electron chi connectivity index (χ1n) is 7.58. The standard InChI is InChI=1S/C18H22N2O3/c1-5-12(2)20-18(21)14-9-13(10-19-11-14)17-15(22-3)7-6-8-16(17)23-4/h6-12H,5H2,1-4H3,(H,20,21)/t12-/m0/s1. The summed E-state index contributed by atoms with van der Waals surface area (Å²) in [5.74, 6) is 1.21. The van der Waals surface area contributed by atoms with Gasteiger partial charge in [0.15, 0.2) is 0 Å². The van der Waals surface area contributed by atoms with Gasteiger partial charge in [-0.25, -0.2) is 0 Å². The van der Waals surface area contributed by atoms with E-state index >= 15 is 0 Å². The Balaban J connectivity index is 2.43. The first-order valence-corrected chi connectivity index (χ1v) is 7.58. The number of nitrogens with one attached hydrogen (secondary N) is 1. The van der Waals surface area contributed by atoms with E-state index in [1.165, 1.54) is 0 Å². The maximum atomic E-state index is 12.3. The summed E-state index contributed by atoms with van der Waals surface area (Å²) < 4.78 is 10.8. The predicted molar refractivity (Wildman–Crippen MR) is 90.0 cm³/mol. The number of hydrogen-bond donors (Lipinski definition) is 1. The molecule has 0 aliphatic rings. The second-order valence-corrected chi connectivity index (χ2v) is 5.28. The molecule has 0 fully saturated rings. The minimum Gasteiger partial charge on any atom is -0.496 e. The molecule has 0 spiro atoms. The third-order valence-electron chi connectivity index (χ3n) is 3.71. The van der Waals surface area contributed by atoms with Gasteiger partial charge in [-0.1, -0.05) is 13.0 Å². The normalized spacial score (nSPS) is 11.7. The van der Waals surface area contributed by atoms with Gasteiger partial charge in [0, 0.05) is 24.0 Å². The van der Waals surface area contributed by atoms with E-state index in [0.29, 0.717) is 17.1 Å². The molecule has 1 amide bonds. The lowest BCUT2D eigenvalue weighted by molar-refractivity contribution is 0.0939. The van der Waals surface area contributed by atoms with Crippen LogP contribution >= 0.6 is 0 Å². The summed E-state index contributed by atoms with van der Waals surface area (Å²) >= 11 is 0. The summed E-state index contributed by atoms with van der Waals surface area (Å²) in [6, 6.07) is 7.47. The Morgan fingerprint density at radius 1 is 1.22 bits per heavy atom. The summed E-state index contributed by atoms with van der Waals surface area (Å²) in [5, 5.41) is 2.94. The maximum Gasteiger partial charge on any atom is 0.253 e. The van der Waals surface area contributed by atoms with E-state index < -0.39 is 0 Å². The van der Waals surface area contributed by atoms with Crippen LogP contribution in [0.3, 0.4) is 0 Å². The first-order chi connectivity index (χ1) is 11.1. The van der Waals surface area contributed by atoms with Gasteiger partial charge in [0.25, 0.3) is 5.91 Å². The van der Waals surface area contributed by atoms with Crippen molar-refractivity contribution < 1.29 is 14.3 Å². The Bertz CT molecular complexity index is 663. The van der Waals surface area contributed by atoms with Gasteiger partial charge in [-0.05, 0) is 31.5 Å². The Hall–Kier alpha value is -2.56. The van der Waals surface area contributed by atoms with Crippen LogP contribution in [0.15, 0.2) is 36.7 Å². The molecule has 0 bridgehead atoms. The maximum absolute atomic E-state index is 12.3. The lowest BCUT2D eigenvalue weighted by atomic mass is 10.0. The van der Waals surface area contributed by atoms with Crippen LogP contribution in [0, 0.1) is 0 Å². The van der Waals surface area contributed by atoms with Gasteiger partial charge in [0.2, 0.25) is 0 Å². The van der Waals surface area contributed by atoms with Crippen LogP contribution < -0.4 is 14.8 Å². The van der Waals surface area contributed by atoms with E-state index in [0.717, 1.165) is 17.5 Å². The van der Waals surface area contributed by atoms with Gasteiger partial charge in [-0.15, -0.1) is 0 Å². The van der Waals surface area contributed by atoms with Crippen LogP contribution in [0.2, 0.25) is 0 Å². The molecule has 1 atom stereocenters. The molecule has 0 unspecified atom stereocenters. The number of carbonyl (C=O) groups is 1. The quantitative estimate of drug-likeness (QED) is 0.889. The molecule has 1 aromatic heterocycles. The zero-order valence-corrected chi connectivity index (χ0v) is 13.9. The van der Waals surface area contributed by atoms with E-state index in [2.05, 4.69) is 10.3 Å². The highest BCUT2D eigenvalue weighted by Gasteiger charge is 2.15. The van der Waals surface area contributed by atoms with Gasteiger partial charge in [-0.3, -0.25) is 9.78 Å². The number of aromatic nitrogens is 1. The van der Waals surface area contributed by atoms with Crippen molar-refractivity contribution in [2.45, 2.75) is 26.3 Å². The summed E-state index contributed by atoms with van der Waals surface area (Å²) in [4.78, 5) is 16.5. The van der Waals surface area contributed by atoms with Crippen molar-refractivity contribution >= 4 is 5.91 Å². The largest absolute Gasteiger partial charge is 0.496 e. The molecule has 5 heteroatoms. The van der Waals surface area contributed by atoms with Crippen LogP contribution in [0.1, 0.15) is 30.6 Å². The van der Waals surface area contributed by atoms with Crippen molar-refractivity contribution in [3.05, 3.63) is 42.2 Å². The SMILES string of the molecule is CC[C@H](C)NC(=O)c1cncc(-c2c(OC)cccc2OC)c1. The monoisotopic (exact) mass is 314 g/mol. The van der Waals surface area contributed by atoms with Crippen LogP contribution in [0.4, 0.5) is 0 Å². The average Bonchev–Trinajstić information content (AvgIpc) is 2.60. The van der Waals surface area contributed by atoms with Crippen molar-refractivity contribution in [3.63, 3.8) is 0 Å². The number of ether oxygens (including phenoxy) is 2. The summed E-state index contributed by atoms with van der Waals surface area (Å²) in [5.41, 5.74) is 2.06. The minimum atomic E-state index is -0.137. The Kier molecular flexibility index (Phi) is 5.57. The van der Waals surface area contributed by atoms with Crippen molar-refractivity contribution in [1.29, 1.82) is 0 Å². The number of methoxy groups -OCH3 is 2. The topological polar surface area (TPSA) is 60.5 Å². The van der Waals surface area contributed by atoms with E-state index in [1.807, 2.05) is 32.0 Å². The van der Waals surface area contributed by atoms with Crippen LogP contribution in [0.5, 0.6) is 11.5 Å². The van der Waals surface area contributed by atoms with E-state index in [9.17, 15) is 4.79 Å². The molecule has 2 rings (SSSR count). The van der Waals surface area contributed by atoms with Gasteiger partial charge < -0.3 is 14.8 Å². The second-order valence-electron chi connectivity index (χ2n) is 5.28. The van der Waals surface area contributed by atoms with Gasteiger partial charge >= 0.3 is 0 Å². The van der Waals surface area contributed by atoms with Crippen molar-refractivity contribution in [2.75, 3.05) is 14.2 Å². The molecule has 5 nitrogen and oxygen atoms in total. The molecular weight excluding hydrogens is 292 g/mol. The van der Waals surface area contributed by atoms with E-state index in [-0.39, 0.29) is 11.9 Å². The highest BCUT2D eigenvalue weighted by atomic mass is 16.5. The molecule has 1 aromatic carbocycles. The average molecular weight is 314 g/mol. The fraction of sp³-hybridized carbons (Fsp3) is 0.333. The fourth-order valence-corrected chi connectivity index (χ4v) is 2.25. The Morgan fingerprint density at radius 3 is 2.43 bits per heavy atom. The molecule has 122 valence electrons. The molecule has 0 saturated carbocycles. The number of pyridine rings is 1. The minimum absolute atomic E-state index is 0.118. The molecule has 0 aliphatic heterocycles. The lowest BCUT2D eigenvalue weighted by Gasteiger charge is -2.14. The van der Waals surface area contributed by atoms with Crippen LogP contribution in [0.25, 0.3) is 11.1 Å². The molecule has 0 saturated heterocycles. The number of benzene rings is 1. The van der Waals surface area contributed by atoms with Crippen molar-refractivity contribution in [2.24, 2.45) is 0 Å². The molecule has 2 aromatic rings. The van der Waals surface area contributed by atoms with Crippen molar-refractivity contribution in [1.82, 2.24) is 10.3 Å². The van der Waals surface area contributed by atoms with Gasteiger partial charge in [0.05, 0.1) is 25.3 Å². The highest BCUT2D eigenvalue weighted by molar-refractivity contribution is 5.95. The number of hydrogen-bond acceptors (Lipinski definition) is 4.